The molecule has 1 aromatic heterocycles. The predicted molar refractivity (Wildman–Crippen MR) is 133 cm³/mol. The highest BCUT2D eigenvalue weighted by atomic mass is 32.2. The summed E-state index contributed by atoms with van der Waals surface area (Å²) in [4.78, 5) is 31.5. The van der Waals surface area contributed by atoms with Gasteiger partial charge in [0.2, 0.25) is 5.91 Å². The topological polar surface area (TPSA) is 62.3 Å². The Labute approximate surface area is 193 Å². The van der Waals surface area contributed by atoms with Gasteiger partial charge in [0, 0.05) is 13.0 Å². The van der Waals surface area contributed by atoms with Gasteiger partial charge in [-0.1, -0.05) is 89.9 Å². The van der Waals surface area contributed by atoms with Gasteiger partial charge in [0.15, 0.2) is 5.13 Å². The maximum Gasteiger partial charge on any atom is 0.266 e. The van der Waals surface area contributed by atoms with E-state index in [1.165, 1.54) is 23.1 Å². The first-order chi connectivity index (χ1) is 15.1. The first-order valence-corrected chi connectivity index (χ1v) is 11.8. The minimum atomic E-state index is -0.120. The highest BCUT2D eigenvalue weighted by molar-refractivity contribution is 8.26. The molecule has 1 aliphatic heterocycles. The number of nitrogens with zero attached hydrogens (tertiary/aromatic N) is 2. The van der Waals surface area contributed by atoms with Crippen LogP contribution in [0.1, 0.15) is 18.4 Å². The number of amides is 2. The van der Waals surface area contributed by atoms with Crippen molar-refractivity contribution in [1.29, 1.82) is 0 Å². The quantitative estimate of drug-likeness (QED) is 0.370. The fraction of sp³-hybridized carbons (Fsp3) is 0.130. The number of thiocarbonyl (C=S) groups is 1. The summed E-state index contributed by atoms with van der Waals surface area (Å²) in [5.41, 5.74) is 1.93. The van der Waals surface area contributed by atoms with Gasteiger partial charge in [0.05, 0.1) is 15.1 Å². The minimum Gasteiger partial charge on any atom is -0.302 e. The molecular weight excluding hydrogens is 446 g/mol. The van der Waals surface area contributed by atoms with Crippen molar-refractivity contribution in [2.24, 2.45) is 0 Å². The zero-order chi connectivity index (χ0) is 21.6. The summed E-state index contributed by atoms with van der Waals surface area (Å²) in [7, 11) is 0. The van der Waals surface area contributed by atoms with Crippen molar-refractivity contribution >= 4 is 72.9 Å². The standard InChI is InChI=1S/C23H19N3O2S3/c27-20(25-22-24-17-11-4-5-12-18(17)30-22)14-7-15-26-21(28)19(31-23(26)29)13-6-10-16-8-2-1-3-9-16/h1-6,8-13H,7,14-15H2,(H,24,25,27)/b10-6+,19-13-. The van der Waals surface area contributed by atoms with Crippen molar-refractivity contribution in [3.8, 4) is 0 Å². The zero-order valence-corrected chi connectivity index (χ0v) is 18.9. The molecule has 2 aromatic carbocycles. The number of aromatic nitrogens is 1. The van der Waals surface area contributed by atoms with Gasteiger partial charge in [-0.05, 0) is 30.2 Å². The number of nitrogens with one attached hydrogen (secondary N) is 1. The van der Waals surface area contributed by atoms with Crippen LogP contribution in [0.5, 0.6) is 0 Å². The first kappa shape index (κ1) is 21.4. The van der Waals surface area contributed by atoms with Crippen LogP contribution in [0.15, 0.2) is 71.7 Å². The van der Waals surface area contributed by atoms with Crippen LogP contribution in [-0.2, 0) is 9.59 Å². The molecule has 0 aliphatic carbocycles. The van der Waals surface area contributed by atoms with Gasteiger partial charge in [-0.3, -0.25) is 14.5 Å². The lowest BCUT2D eigenvalue weighted by Gasteiger charge is -2.13. The van der Waals surface area contributed by atoms with Crippen molar-refractivity contribution in [1.82, 2.24) is 9.88 Å². The highest BCUT2D eigenvalue weighted by Crippen LogP contribution is 2.31. The van der Waals surface area contributed by atoms with Gasteiger partial charge in [0.25, 0.3) is 5.91 Å². The molecule has 2 heterocycles. The van der Waals surface area contributed by atoms with Crippen LogP contribution < -0.4 is 5.32 Å². The predicted octanol–water partition coefficient (Wildman–Crippen LogP) is 5.47. The Morgan fingerprint density at radius 1 is 1.13 bits per heavy atom. The Kier molecular flexibility index (Phi) is 6.91. The number of allylic oxidation sites excluding steroid dienone is 2. The number of rotatable bonds is 7. The number of carbonyl (C=O) groups is 2. The molecule has 8 heteroatoms. The van der Waals surface area contributed by atoms with Gasteiger partial charge < -0.3 is 5.32 Å². The summed E-state index contributed by atoms with van der Waals surface area (Å²) in [6.45, 7) is 0.414. The maximum atomic E-state index is 12.6. The molecule has 0 saturated carbocycles. The molecular formula is C23H19N3O2S3. The lowest BCUT2D eigenvalue weighted by Crippen LogP contribution is -2.29. The number of carbonyl (C=O) groups excluding carboxylic acids is 2. The van der Waals surface area contributed by atoms with E-state index in [9.17, 15) is 9.59 Å². The fourth-order valence-corrected chi connectivity index (χ4v) is 5.17. The monoisotopic (exact) mass is 465 g/mol. The molecule has 0 unspecified atom stereocenters. The number of fused-ring (bicyclic) bond motifs is 1. The van der Waals surface area contributed by atoms with Crippen molar-refractivity contribution in [3.05, 3.63) is 77.2 Å². The number of benzene rings is 2. The van der Waals surface area contributed by atoms with Gasteiger partial charge in [-0.2, -0.15) is 0 Å². The lowest BCUT2D eigenvalue weighted by molar-refractivity contribution is -0.122. The van der Waals surface area contributed by atoms with Crippen molar-refractivity contribution < 1.29 is 9.59 Å². The van der Waals surface area contributed by atoms with Gasteiger partial charge in [-0.15, -0.1) is 0 Å². The SMILES string of the molecule is O=C(CCCN1C(=O)/C(=C/C=C/c2ccccc2)SC1=S)Nc1nc2ccccc2s1. The largest absolute Gasteiger partial charge is 0.302 e. The van der Waals surface area contributed by atoms with Crippen LogP contribution >= 0.6 is 35.3 Å². The van der Waals surface area contributed by atoms with E-state index in [0.29, 0.717) is 33.7 Å². The lowest BCUT2D eigenvalue weighted by atomic mass is 10.2. The van der Waals surface area contributed by atoms with Crippen LogP contribution in [0.25, 0.3) is 16.3 Å². The number of hydrogen-bond donors (Lipinski definition) is 1. The summed E-state index contributed by atoms with van der Waals surface area (Å²) < 4.78 is 1.56. The minimum absolute atomic E-state index is 0.112. The molecule has 0 atom stereocenters. The Hall–Kier alpha value is -2.81. The van der Waals surface area contributed by atoms with Crippen LogP contribution in [0.4, 0.5) is 5.13 Å². The molecule has 0 bridgehead atoms. The van der Waals surface area contributed by atoms with E-state index in [0.717, 1.165) is 15.8 Å². The third-order valence-corrected chi connectivity index (χ3v) is 6.88. The van der Waals surface area contributed by atoms with E-state index >= 15 is 0 Å². The number of para-hydroxylation sites is 1. The average molecular weight is 466 g/mol. The van der Waals surface area contributed by atoms with Crippen molar-refractivity contribution in [2.75, 3.05) is 11.9 Å². The normalized spacial score (nSPS) is 15.5. The molecule has 156 valence electrons. The van der Waals surface area contributed by atoms with Gasteiger partial charge in [-0.25, -0.2) is 4.98 Å². The molecule has 2 amide bonds. The second-order valence-corrected chi connectivity index (χ2v) is 9.47. The molecule has 0 radical (unpaired) electrons. The highest BCUT2D eigenvalue weighted by Gasteiger charge is 2.31. The average Bonchev–Trinajstić information content (AvgIpc) is 3.29. The summed E-state index contributed by atoms with van der Waals surface area (Å²) >= 11 is 8.09. The Morgan fingerprint density at radius 3 is 2.71 bits per heavy atom. The van der Waals surface area contributed by atoms with Crippen LogP contribution in [-0.4, -0.2) is 32.6 Å². The summed E-state index contributed by atoms with van der Waals surface area (Å²) in [5.74, 6) is -0.231. The zero-order valence-electron chi connectivity index (χ0n) is 16.5. The maximum absolute atomic E-state index is 12.6. The first-order valence-electron chi connectivity index (χ1n) is 9.73. The Morgan fingerprint density at radius 2 is 1.90 bits per heavy atom. The van der Waals surface area contributed by atoms with Gasteiger partial charge >= 0.3 is 0 Å². The number of anilines is 1. The third kappa shape index (κ3) is 5.46. The van der Waals surface area contributed by atoms with Crippen molar-refractivity contribution in [2.45, 2.75) is 12.8 Å². The molecule has 1 saturated heterocycles. The fourth-order valence-electron chi connectivity index (χ4n) is 3.02. The molecule has 5 nitrogen and oxygen atoms in total. The molecule has 1 aliphatic rings. The molecule has 1 N–H and O–H groups in total. The van der Waals surface area contributed by atoms with E-state index < -0.39 is 0 Å². The van der Waals surface area contributed by atoms with Crippen LogP contribution in [0.3, 0.4) is 0 Å². The van der Waals surface area contributed by atoms with Crippen LogP contribution in [0.2, 0.25) is 0 Å². The molecule has 3 aromatic rings. The van der Waals surface area contributed by atoms with E-state index in [4.69, 9.17) is 12.2 Å². The second kappa shape index (κ2) is 10.00. The molecule has 0 spiro atoms. The molecule has 4 rings (SSSR count). The van der Waals surface area contributed by atoms with Gasteiger partial charge in [0.1, 0.15) is 4.32 Å². The van der Waals surface area contributed by atoms with Crippen LogP contribution in [0, 0.1) is 0 Å². The second-order valence-electron chi connectivity index (χ2n) is 6.76. The van der Waals surface area contributed by atoms with E-state index in [1.807, 2.05) is 66.7 Å². The Balaban J connectivity index is 1.27. The van der Waals surface area contributed by atoms with E-state index in [2.05, 4.69) is 10.3 Å². The molecule has 31 heavy (non-hydrogen) atoms. The van der Waals surface area contributed by atoms with E-state index in [1.54, 1.807) is 11.0 Å². The molecule has 1 fully saturated rings. The van der Waals surface area contributed by atoms with Crippen molar-refractivity contribution in [3.63, 3.8) is 0 Å². The number of hydrogen-bond acceptors (Lipinski definition) is 6. The number of thioether (sulfide) groups is 1. The number of thiazole rings is 1. The Bertz CT molecular complexity index is 1150. The summed E-state index contributed by atoms with van der Waals surface area (Å²) in [6, 6.07) is 17.6. The van der Waals surface area contributed by atoms with E-state index in [-0.39, 0.29) is 11.8 Å². The smallest absolute Gasteiger partial charge is 0.266 e. The summed E-state index contributed by atoms with van der Waals surface area (Å²) in [6.07, 6.45) is 6.40. The third-order valence-electron chi connectivity index (χ3n) is 4.54. The summed E-state index contributed by atoms with van der Waals surface area (Å²) in [5, 5.41) is 3.43.